The minimum absolute atomic E-state index is 0.00355. The van der Waals surface area contributed by atoms with Gasteiger partial charge in [0, 0.05) is 11.1 Å². The van der Waals surface area contributed by atoms with Crippen molar-refractivity contribution in [2.24, 2.45) is 0 Å². The maximum atomic E-state index is 5.79. The normalized spacial score (nSPS) is 18.2. The van der Waals surface area contributed by atoms with Gasteiger partial charge in [0.15, 0.2) is 0 Å². The predicted octanol–water partition coefficient (Wildman–Crippen LogP) is 8.66. The van der Waals surface area contributed by atoms with Gasteiger partial charge in [-0.1, -0.05) is 90.1 Å². The van der Waals surface area contributed by atoms with E-state index in [1.807, 2.05) is 0 Å². The molecular formula is C34H40N2O2. The van der Waals surface area contributed by atoms with Crippen molar-refractivity contribution in [3.05, 3.63) is 94.1 Å². The lowest BCUT2D eigenvalue weighted by Gasteiger charge is -2.32. The molecule has 4 nitrogen and oxygen atoms in total. The topological polar surface area (TPSA) is 42.5 Å². The zero-order valence-electron chi connectivity index (χ0n) is 23.9. The Morgan fingerprint density at radius 1 is 0.579 bits per heavy atom. The van der Waals surface area contributed by atoms with E-state index in [4.69, 9.17) is 9.47 Å². The fraction of sp³-hybridized carbons (Fsp3) is 0.353. The van der Waals surface area contributed by atoms with Crippen molar-refractivity contribution < 1.29 is 9.47 Å². The van der Waals surface area contributed by atoms with Gasteiger partial charge < -0.3 is 20.1 Å². The molecule has 0 radical (unpaired) electrons. The van der Waals surface area contributed by atoms with Gasteiger partial charge >= 0.3 is 0 Å². The number of ether oxygens (including phenoxy) is 2. The molecule has 2 aliphatic rings. The van der Waals surface area contributed by atoms with E-state index in [2.05, 4.69) is 125 Å². The molecule has 4 heteroatoms. The summed E-state index contributed by atoms with van der Waals surface area (Å²) in [5, 5.41) is 7.67. The van der Waals surface area contributed by atoms with Crippen molar-refractivity contribution in [3.63, 3.8) is 0 Å². The number of hydrogen-bond acceptors (Lipinski definition) is 4. The van der Waals surface area contributed by atoms with Crippen LogP contribution in [0.3, 0.4) is 0 Å². The summed E-state index contributed by atoms with van der Waals surface area (Å²) < 4.78 is 11.6. The molecule has 38 heavy (non-hydrogen) atoms. The SMILES string of the molecule is COc1ccc(C(C)(C)C)cc1C1C=Cc2ccc3c(c2N1)NC(c1cc(C(C)(C)C)ccc1OC)C=C3. The van der Waals surface area contributed by atoms with Crippen molar-refractivity contribution in [1.29, 1.82) is 0 Å². The predicted molar refractivity (Wildman–Crippen MR) is 161 cm³/mol. The number of nitrogens with one attached hydrogen (secondary N) is 2. The Kier molecular flexibility index (Phi) is 6.54. The van der Waals surface area contributed by atoms with E-state index in [-0.39, 0.29) is 22.9 Å². The Morgan fingerprint density at radius 2 is 0.974 bits per heavy atom. The van der Waals surface area contributed by atoms with Gasteiger partial charge in [0.05, 0.1) is 37.7 Å². The van der Waals surface area contributed by atoms with E-state index >= 15 is 0 Å². The first-order valence-corrected chi connectivity index (χ1v) is 13.4. The molecule has 2 heterocycles. The number of rotatable bonds is 4. The van der Waals surface area contributed by atoms with E-state index in [9.17, 15) is 0 Å². The van der Waals surface area contributed by atoms with Gasteiger partial charge in [-0.15, -0.1) is 0 Å². The van der Waals surface area contributed by atoms with Crippen molar-refractivity contribution in [2.45, 2.75) is 64.5 Å². The fourth-order valence-corrected chi connectivity index (χ4v) is 5.28. The molecule has 2 N–H and O–H groups in total. The van der Waals surface area contributed by atoms with E-state index in [0.29, 0.717) is 0 Å². The Bertz CT molecular complexity index is 1310. The quantitative estimate of drug-likeness (QED) is 0.370. The van der Waals surface area contributed by atoms with Gasteiger partial charge in [0.1, 0.15) is 11.5 Å². The highest BCUT2D eigenvalue weighted by Gasteiger charge is 2.27. The lowest BCUT2D eigenvalue weighted by molar-refractivity contribution is 0.408. The average Bonchev–Trinajstić information content (AvgIpc) is 2.90. The van der Waals surface area contributed by atoms with Crippen LogP contribution in [0.5, 0.6) is 11.5 Å². The van der Waals surface area contributed by atoms with Crippen LogP contribution in [0.1, 0.15) is 87.0 Å². The number of anilines is 2. The summed E-state index contributed by atoms with van der Waals surface area (Å²) in [7, 11) is 3.49. The van der Waals surface area contributed by atoms with Crippen LogP contribution in [0.2, 0.25) is 0 Å². The van der Waals surface area contributed by atoms with Crippen molar-refractivity contribution in [3.8, 4) is 11.5 Å². The van der Waals surface area contributed by atoms with Crippen LogP contribution in [-0.2, 0) is 10.8 Å². The molecule has 5 rings (SSSR count). The second-order valence-electron chi connectivity index (χ2n) is 12.4. The molecule has 0 bridgehead atoms. The molecule has 198 valence electrons. The van der Waals surface area contributed by atoms with E-state index < -0.39 is 0 Å². The zero-order valence-corrected chi connectivity index (χ0v) is 23.9. The molecule has 3 aromatic carbocycles. The van der Waals surface area contributed by atoms with Gasteiger partial charge in [0.2, 0.25) is 0 Å². The summed E-state index contributed by atoms with van der Waals surface area (Å²) >= 11 is 0. The minimum atomic E-state index is -0.00355. The minimum Gasteiger partial charge on any atom is -0.496 e. The number of hydrogen-bond donors (Lipinski definition) is 2. The molecule has 2 atom stereocenters. The summed E-state index contributed by atoms with van der Waals surface area (Å²) in [6.07, 6.45) is 8.89. The van der Waals surface area contributed by atoms with Gasteiger partial charge in [-0.25, -0.2) is 0 Å². The van der Waals surface area contributed by atoms with Gasteiger partial charge in [-0.2, -0.15) is 0 Å². The molecule has 2 aliphatic heterocycles. The highest BCUT2D eigenvalue weighted by molar-refractivity contribution is 5.90. The second kappa shape index (κ2) is 9.58. The Balaban J connectivity index is 1.53. The molecule has 0 amide bonds. The van der Waals surface area contributed by atoms with Crippen LogP contribution in [0.25, 0.3) is 12.2 Å². The summed E-state index contributed by atoms with van der Waals surface area (Å²) in [4.78, 5) is 0. The van der Waals surface area contributed by atoms with E-state index in [0.717, 1.165) is 34.0 Å². The van der Waals surface area contributed by atoms with Gasteiger partial charge in [0.25, 0.3) is 0 Å². The Hall–Kier alpha value is -3.66. The van der Waals surface area contributed by atoms with Crippen LogP contribution in [0.15, 0.2) is 60.7 Å². The average molecular weight is 509 g/mol. The first-order chi connectivity index (χ1) is 18.0. The zero-order chi connectivity index (χ0) is 27.2. The van der Waals surface area contributed by atoms with E-state index in [1.54, 1.807) is 14.2 Å². The summed E-state index contributed by atoms with van der Waals surface area (Å²) in [5.41, 5.74) is 9.52. The molecule has 0 aliphatic carbocycles. The van der Waals surface area contributed by atoms with Crippen LogP contribution >= 0.6 is 0 Å². The van der Waals surface area contributed by atoms with Crippen molar-refractivity contribution in [2.75, 3.05) is 24.9 Å². The monoisotopic (exact) mass is 508 g/mol. The number of benzene rings is 3. The van der Waals surface area contributed by atoms with Crippen molar-refractivity contribution in [1.82, 2.24) is 0 Å². The third kappa shape index (κ3) is 4.80. The first kappa shape index (κ1) is 26.0. The second-order valence-corrected chi connectivity index (χ2v) is 12.4. The third-order valence-electron chi connectivity index (χ3n) is 7.67. The largest absolute Gasteiger partial charge is 0.496 e. The molecule has 2 unspecified atom stereocenters. The van der Waals surface area contributed by atoms with Gasteiger partial charge in [-0.3, -0.25) is 0 Å². The standard InChI is InChI=1S/C34H40N2O2/c1-33(2,3)23-13-17-29(37-7)25(19-23)27-15-11-21-9-10-22-12-16-28(36-32(22)31(21)35-27)26-20-24(34(4,5)6)14-18-30(26)38-8/h9-20,27-28,35-36H,1-8H3. The molecule has 0 aromatic heterocycles. The van der Waals surface area contributed by atoms with Crippen molar-refractivity contribution >= 4 is 23.5 Å². The Morgan fingerprint density at radius 3 is 1.32 bits per heavy atom. The molecule has 0 spiro atoms. The summed E-state index contributed by atoms with van der Waals surface area (Å²) in [5.74, 6) is 1.78. The van der Waals surface area contributed by atoms with Crippen LogP contribution in [0, 0.1) is 0 Å². The van der Waals surface area contributed by atoms with Crippen LogP contribution in [0.4, 0.5) is 11.4 Å². The number of methoxy groups -OCH3 is 2. The highest BCUT2D eigenvalue weighted by atomic mass is 16.5. The lowest BCUT2D eigenvalue weighted by atomic mass is 9.84. The smallest absolute Gasteiger partial charge is 0.124 e. The van der Waals surface area contributed by atoms with Gasteiger partial charge in [-0.05, 0) is 57.3 Å². The maximum Gasteiger partial charge on any atom is 0.124 e. The highest BCUT2D eigenvalue weighted by Crippen LogP contribution is 2.45. The third-order valence-corrected chi connectivity index (χ3v) is 7.67. The Labute approximate surface area is 227 Å². The maximum absolute atomic E-state index is 5.79. The molecule has 0 saturated heterocycles. The fourth-order valence-electron chi connectivity index (χ4n) is 5.28. The molecular weight excluding hydrogens is 468 g/mol. The number of fused-ring (bicyclic) bond motifs is 3. The molecule has 3 aromatic rings. The van der Waals surface area contributed by atoms with E-state index in [1.165, 1.54) is 22.3 Å². The summed E-state index contributed by atoms with van der Waals surface area (Å²) in [6.45, 7) is 13.5. The summed E-state index contributed by atoms with van der Waals surface area (Å²) in [6, 6.07) is 17.4. The van der Waals surface area contributed by atoms with Crippen LogP contribution < -0.4 is 20.1 Å². The molecule has 0 fully saturated rings. The first-order valence-electron chi connectivity index (χ1n) is 13.4. The lowest BCUT2D eigenvalue weighted by Crippen LogP contribution is -2.20. The van der Waals surface area contributed by atoms with Crippen LogP contribution in [-0.4, -0.2) is 14.2 Å². The molecule has 0 saturated carbocycles.